The monoisotopic (exact) mass is 328 g/mol. The summed E-state index contributed by atoms with van der Waals surface area (Å²) in [7, 11) is 1.17. The van der Waals surface area contributed by atoms with Crippen LogP contribution in [0, 0.1) is 23.2 Å². The van der Waals surface area contributed by atoms with Crippen molar-refractivity contribution in [3.05, 3.63) is 35.4 Å². The van der Waals surface area contributed by atoms with Gasteiger partial charge in [-0.15, -0.1) is 0 Å². The summed E-state index contributed by atoms with van der Waals surface area (Å²) in [6.07, 6.45) is 0.505. The zero-order chi connectivity index (χ0) is 17.9. The Balaban J connectivity index is 2.74. The molecule has 1 heterocycles. The number of carbonyl (C=O) groups excluding carboxylic acids is 2. The summed E-state index contributed by atoms with van der Waals surface area (Å²) < 4.78 is 4.77. The van der Waals surface area contributed by atoms with Gasteiger partial charge in [-0.25, -0.2) is 0 Å². The second kappa shape index (κ2) is 7.04. The Hall–Kier alpha value is -3.01. The van der Waals surface area contributed by atoms with Gasteiger partial charge in [0.1, 0.15) is 18.2 Å². The van der Waals surface area contributed by atoms with E-state index >= 15 is 0 Å². The zero-order valence-corrected chi connectivity index (χ0v) is 13.2. The van der Waals surface area contributed by atoms with Crippen molar-refractivity contribution in [2.45, 2.75) is 18.9 Å². The standard InChI is InChI=1S/C17H16N2O5/c1-9-13(16(21)22)14(11-6-4-3-5-10(11)7-18)15(17(23)24-2)12(8-20)19-9/h3-6,8,12-15H,1-2H3,(H,21,22). The van der Waals surface area contributed by atoms with Crippen molar-refractivity contribution >= 4 is 23.9 Å². The molecule has 0 saturated heterocycles. The number of carboxylic acid groups (broad SMARTS) is 1. The Morgan fingerprint density at radius 1 is 1.38 bits per heavy atom. The molecular formula is C17H16N2O5. The van der Waals surface area contributed by atoms with Gasteiger partial charge in [0.05, 0.1) is 24.7 Å². The molecule has 0 saturated carbocycles. The molecule has 1 aliphatic heterocycles. The van der Waals surface area contributed by atoms with E-state index in [0.29, 0.717) is 11.8 Å². The van der Waals surface area contributed by atoms with E-state index in [9.17, 15) is 24.8 Å². The summed E-state index contributed by atoms with van der Waals surface area (Å²) in [6, 6.07) is 7.39. The van der Waals surface area contributed by atoms with Gasteiger partial charge in [-0.1, -0.05) is 18.2 Å². The average molecular weight is 328 g/mol. The highest BCUT2D eigenvalue weighted by molar-refractivity contribution is 6.04. The van der Waals surface area contributed by atoms with E-state index in [0.717, 1.165) is 0 Å². The minimum atomic E-state index is -1.17. The van der Waals surface area contributed by atoms with E-state index in [1.807, 2.05) is 6.07 Å². The van der Waals surface area contributed by atoms with Gasteiger partial charge >= 0.3 is 11.9 Å². The number of aliphatic imine (C=N–C) groups is 1. The van der Waals surface area contributed by atoms with Crippen LogP contribution in [0.25, 0.3) is 0 Å². The van der Waals surface area contributed by atoms with Crippen LogP contribution in [0.4, 0.5) is 0 Å². The van der Waals surface area contributed by atoms with Gasteiger partial charge in [0.15, 0.2) is 0 Å². The number of esters is 1. The van der Waals surface area contributed by atoms with Crippen LogP contribution >= 0.6 is 0 Å². The predicted octanol–water partition coefficient (Wildman–Crippen LogP) is 1.17. The van der Waals surface area contributed by atoms with Crippen LogP contribution in [-0.2, 0) is 19.1 Å². The quantitative estimate of drug-likeness (QED) is 0.655. The van der Waals surface area contributed by atoms with Gasteiger partial charge in [-0.05, 0) is 18.6 Å². The van der Waals surface area contributed by atoms with Crippen molar-refractivity contribution in [3.63, 3.8) is 0 Å². The minimum absolute atomic E-state index is 0.234. The van der Waals surface area contributed by atoms with Crippen LogP contribution in [0.2, 0.25) is 0 Å². The molecule has 4 unspecified atom stereocenters. The van der Waals surface area contributed by atoms with Crippen molar-refractivity contribution in [1.29, 1.82) is 5.26 Å². The summed E-state index contributed by atoms with van der Waals surface area (Å²) >= 11 is 0. The number of hydrogen-bond donors (Lipinski definition) is 1. The van der Waals surface area contributed by atoms with E-state index in [1.54, 1.807) is 24.3 Å². The third-order valence-corrected chi connectivity index (χ3v) is 4.24. The van der Waals surface area contributed by atoms with Crippen molar-refractivity contribution in [2.24, 2.45) is 16.8 Å². The summed E-state index contributed by atoms with van der Waals surface area (Å²) in [4.78, 5) is 39.5. The molecule has 0 fully saturated rings. The molecule has 2 rings (SSSR count). The topological polar surface area (TPSA) is 117 Å². The fourth-order valence-electron chi connectivity index (χ4n) is 3.21. The van der Waals surface area contributed by atoms with Gasteiger partial charge < -0.3 is 14.6 Å². The third-order valence-electron chi connectivity index (χ3n) is 4.24. The zero-order valence-electron chi connectivity index (χ0n) is 13.2. The number of benzene rings is 1. The molecule has 1 aliphatic rings. The van der Waals surface area contributed by atoms with Crippen LogP contribution in [0.5, 0.6) is 0 Å². The maximum absolute atomic E-state index is 12.3. The number of carbonyl (C=O) groups is 3. The lowest BCUT2D eigenvalue weighted by Gasteiger charge is -2.36. The van der Waals surface area contributed by atoms with Crippen LogP contribution < -0.4 is 0 Å². The number of aliphatic carboxylic acids is 1. The Labute approximate surface area is 138 Å². The summed E-state index contributed by atoms with van der Waals surface area (Å²) in [5.41, 5.74) is 0.878. The lowest BCUT2D eigenvalue weighted by atomic mass is 9.69. The van der Waals surface area contributed by atoms with E-state index < -0.39 is 35.7 Å². The summed E-state index contributed by atoms with van der Waals surface area (Å²) in [5, 5.41) is 19.0. The molecule has 7 nitrogen and oxygen atoms in total. The second-order valence-electron chi connectivity index (χ2n) is 5.49. The van der Waals surface area contributed by atoms with Crippen LogP contribution in [-0.4, -0.2) is 42.2 Å². The van der Waals surface area contributed by atoms with Gasteiger partial charge in [-0.2, -0.15) is 5.26 Å². The smallest absolute Gasteiger partial charge is 0.312 e. The number of rotatable bonds is 4. The van der Waals surface area contributed by atoms with E-state index in [-0.39, 0.29) is 11.3 Å². The number of methoxy groups -OCH3 is 1. The molecule has 0 spiro atoms. The molecule has 1 aromatic rings. The first-order valence-electron chi connectivity index (χ1n) is 7.25. The second-order valence-corrected chi connectivity index (χ2v) is 5.49. The fraction of sp³-hybridized carbons (Fsp3) is 0.353. The predicted molar refractivity (Wildman–Crippen MR) is 83.5 cm³/mol. The molecule has 24 heavy (non-hydrogen) atoms. The molecule has 0 aliphatic carbocycles. The van der Waals surface area contributed by atoms with E-state index in [4.69, 9.17) is 4.74 Å². The van der Waals surface area contributed by atoms with E-state index in [2.05, 4.69) is 4.99 Å². The molecule has 4 atom stereocenters. The van der Waals surface area contributed by atoms with Crippen molar-refractivity contribution in [3.8, 4) is 6.07 Å². The van der Waals surface area contributed by atoms with Crippen LogP contribution in [0.1, 0.15) is 24.0 Å². The Kier molecular flexibility index (Phi) is 5.09. The summed E-state index contributed by atoms with van der Waals surface area (Å²) in [6.45, 7) is 1.50. The number of ether oxygens (including phenoxy) is 1. The average Bonchev–Trinajstić information content (AvgIpc) is 2.59. The third kappa shape index (κ3) is 2.91. The number of carboxylic acids is 1. The normalized spacial score (nSPS) is 26.0. The molecule has 124 valence electrons. The molecule has 0 radical (unpaired) electrons. The largest absolute Gasteiger partial charge is 0.481 e. The highest BCUT2D eigenvalue weighted by Gasteiger charge is 2.49. The first kappa shape index (κ1) is 17.3. The molecule has 1 aromatic carbocycles. The lowest BCUT2D eigenvalue weighted by molar-refractivity contribution is -0.150. The van der Waals surface area contributed by atoms with Crippen LogP contribution in [0.3, 0.4) is 0 Å². The summed E-state index contributed by atoms with van der Waals surface area (Å²) in [5.74, 6) is -5.05. The highest BCUT2D eigenvalue weighted by Crippen LogP contribution is 2.41. The maximum atomic E-state index is 12.3. The van der Waals surface area contributed by atoms with Crippen molar-refractivity contribution in [2.75, 3.05) is 7.11 Å². The van der Waals surface area contributed by atoms with Gasteiger partial charge in [0.25, 0.3) is 0 Å². The first-order valence-corrected chi connectivity index (χ1v) is 7.25. The number of nitrogens with zero attached hydrogens (tertiary/aromatic N) is 2. The molecule has 0 bridgehead atoms. The molecular weight excluding hydrogens is 312 g/mol. The number of nitriles is 1. The van der Waals surface area contributed by atoms with Crippen molar-refractivity contribution < 1.29 is 24.2 Å². The number of aldehydes is 1. The van der Waals surface area contributed by atoms with Crippen molar-refractivity contribution in [1.82, 2.24) is 0 Å². The Bertz CT molecular complexity index is 750. The molecule has 0 aromatic heterocycles. The number of hydrogen-bond acceptors (Lipinski definition) is 6. The first-order chi connectivity index (χ1) is 11.5. The Morgan fingerprint density at radius 3 is 2.58 bits per heavy atom. The fourth-order valence-corrected chi connectivity index (χ4v) is 3.21. The van der Waals surface area contributed by atoms with Crippen LogP contribution in [0.15, 0.2) is 29.3 Å². The van der Waals surface area contributed by atoms with E-state index in [1.165, 1.54) is 14.0 Å². The molecule has 7 heteroatoms. The highest BCUT2D eigenvalue weighted by atomic mass is 16.5. The van der Waals surface area contributed by atoms with Gasteiger partial charge in [0, 0.05) is 11.6 Å². The SMILES string of the molecule is COC(=O)C1C(C=O)N=C(C)C(C(=O)O)C1c1ccccc1C#N. The molecule has 1 N–H and O–H groups in total. The van der Waals surface area contributed by atoms with Gasteiger partial charge in [0.2, 0.25) is 0 Å². The molecule has 0 amide bonds. The Morgan fingerprint density at radius 2 is 2.04 bits per heavy atom. The van der Waals surface area contributed by atoms with Gasteiger partial charge in [-0.3, -0.25) is 14.6 Å². The minimum Gasteiger partial charge on any atom is -0.481 e. The maximum Gasteiger partial charge on any atom is 0.312 e. The lowest BCUT2D eigenvalue weighted by Crippen LogP contribution is -2.46.